The molecule has 0 atom stereocenters. The SMILES string of the molecule is O=C(O)c1csc2nc(Cc3ccccc3)n(CCCCOc3ccc(Cl)cc3)c(=O)c12. The van der Waals surface area contributed by atoms with E-state index in [1.54, 1.807) is 16.7 Å². The van der Waals surface area contributed by atoms with Crippen LogP contribution in [0.5, 0.6) is 5.75 Å². The molecular formula is C24H21ClN2O4S. The van der Waals surface area contributed by atoms with Crippen LogP contribution in [-0.2, 0) is 13.0 Å². The van der Waals surface area contributed by atoms with E-state index in [1.807, 2.05) is 42.5 Å². The zero-order valence-corrected chi connectivity index (χ0v) is 18.7. The summed E-state index contributed by atoms with van der Waals surface area (Å²) in [6.45, 7) is 0.932. The number of carbonyl (C=O) groups is 1. The van der Waals surface area contributed by atoms with Crippen molar-refractivity contribution in [3.63, 3.8) is 0 Å². The number of hydrogen-bond donors (Lipinski definition) is 1. The lowest BCUT2D eigenvalue weighted by Gasteiger charge is -2.13. The molecule has 0 unspecified atom stereocenters. The lowest BCUT2D eigenvalue weighted by atomic mass is 10.1. The van der Waals surface area contributed by atoms with Crippen molar-refractivity contribution in [3.05, 3.63) is 92.3 Å². The van der Waals surface area contributed by atoms with Crippen molar-refractivity contribution < 1.29 is 14.6 Å². The van der Waals surface area contributed by atoms with Crippen molar-refractivity contribution in [1.82, 2.24) is 9.55 Å². The molecule has 4 rings (SSSR count). The second kappa shape index (κ2) is 9.97. The fourth-order valence-electron chi connectivity index (χ4n) is 3.46. The fourth-order valence-corrected chi connectivity index (χ4v) is 4.51. The minimum Gasteiger partial charge on any atom is -0.494 e. The van der Waals surface area contributed by atoms with Crippen LogP contribution in [0.4, 0.5) is 0 Å². The smallest absolute Gasteiger partial charge is 0.337 e. The number of fused-ring (bicyclic) bond motifs is 1. The molecule has 0 radical (unpaired) electrons. The molecule has 2 heterocycles. The van der Waals surface area contributed by atoms with Crippen LogP contribution in [0.25, 0.3) is 10.2 Å². The molecule has 0 fully saturated rings. The highest BCUT2D eigenvalue weighted by molar-refractivity contribution is 7.17. The standard InChI is InChI=1S/C24H21ClN2O4S/c25-17-8-10-18(11-9-17)31-13-5-4-12-27-20(14-16-6-2-1-3-7-16)26-22-21(23(27)28)19(15-32-22)24(29)30/h1-3,6-11,15H,4-5,12-14H2,(H,29,30). The van der Waals surface area contributed by atoms with Crippen LogP contribution in [0.15, 0.2) is 64.8 Å². The summed E-state index contributed by atoms with van der Waals surface area (Å²) in [4.78, 5) is 30.0. The lowest BCUT2D eigenvalue weighted by Crippen LogP contribution is -2.26. The molecule has 0 aliphatic heterocycles. The number of hydrogen-bond acceptors (Lipinski definition) is 5. The average molecular weight is 469 g/mol. The van der Waals surface area contributed by atoms with Crippen molar-refractivity contribution in [2.75, 3.05) is 6.61 Å². The Hall–Kier alpha value is -3.16. The maximum absolute atomic E-state index is 13.3. The first-order chi connectivity index (χ1) is 15.5. The van der Waals surface area contributed by atoms with Gasteiger partial charge in [0.05, 0.1) is 17.6 Å². The average Bonchev–Trinajstić information content (AvgIpc) is 3.22. The number of carboxylic acid groups (broad SMARTS) is 1. The zero-order chi connectivity index (χ0) is 22.5. The first kappa shape index (κ1) is 22.0. The summed E-state index contributed by atoms with van der Waals surface area (Å²) in [5.41, 5.74) is 0.736. The molecule has 0 saturated carbocycles. The third-order valence-corrected chi connectivity index (χ3v) is 6.19. The Labute approximate surface area is 193 Å². The van der Waals surface area contributed by atoms with E-state index in [1.165, 1.54) is 16.7 Å². The van der Waals surface area contributed by atoms with Crippen LogP contribution in [0.1, 0.15) is 34.6 Å². The van der Waals surface area contributed by atoms with E-state index in [0.717, 1.165) is 17.7 Å². The van der Waals surface area contributed by atoms with Crippen molar-refractivity contribution in [1.29, 1.82) is 0 Å². The number of ether oxygens (including phenoxy) is 1. The van der Waals surface area contributed by atoms with Gasteiger partial charge in [0.15, 0.2) is 0 Å². The van der Waals surface area contributed by atoms with Crippen molar-refractivity contribution in [2.24, 2.45) is 0 Å². The highest BCUT2D eigenvalue weighted by Crippen LogP contribution is 2.23. The number of benzene rings is 2. The summed E-state index contributed by atoms with van der Waals surface area (Å²) in [6.07, 6.45) is 1.91. The van der Waals surface area contributed by atoms with Crippen LogP contribution >= 0.6 is 22.9 Å². The maximum Gasteiger partial charge on any atom is 0.337 e. The molecule has 2 aromatic carbocycles. The minimum atomic E-state index is -1.12. The molecule has 0 amide bonds. The summed E-state index contributed by atoms with van der Waals surface area (Å²) in [6, 6.07) is 17.0. The van der Waals surface area contributed by atoms with Gasteiger partial charge in [0.1, 0.15) is 16.4 Å². The minimum absolute atomic E-state index is 0.00795. The monoisotopic (exact) mass is 468 g/mol. The van der Waals surface area contributed by atoms with Gasteiger partial charge in [-0.1, -0.05) is 41.9 Å². The number of thiophene rings is 1. The lowest BCUT2D eigenvalue weighted by molar-refractivity contribution is 0.0699. The summed E-state index contributed by atoms with van der Waals surface area (Å²) in [7, 11) is 0. The van der Waals surface area contributed by atoms with Crippen LogP contribution in [0, 0.1) is 0 Å². The zero-order valence-electron chi connectivity index (χ0n) is 17.2. The second-order valence-electron chi connectivity index (χ2n) is 7.29. The highest BCUT2D eigenvalue weighted by Gasteiger charge is 2.19. The Morgan fingerprint density at radius 1 is 1.09 bits per heavy atom. The molecule has 1 N–H and O–H groups in total. The van der Waals surface area contributed by atoms with Crippen LogP contribution in [0.3, 0.4) is 0 Å². The summed E-state index contributed by atoms with van der Waals surface area (Å²) >= 11 is 7.07. The number of halogens is 1. The molecule has 0 aliphatic carbocycles. The number of aromatic carboxylic acids is 1. The Morgan fingerprint density at radius 3 is 2.56 bits per heavy atom. The Balaban J connectivity index is 1.54. The summed E-state index contributed by atoms with van der Waals surface area (Å²) in [5, 5.41) is 11.8. The molecule has 6 nitrogen and oxygen atoms in total. The Bertz CT molecular complexity index is 1280. The summed E-state index contributed by atoms with van der Waals surface area (Å²) in [5.74, 6) is 0.253. The predicted octanol–water partition coefficient (Wildman–Crippen LogP) is 5.26. The van der Waals surface area contributed by atoms with Gasteiger partial charge in [-0.05, 0) is 42.7 Å². The maximum atomic E-state index is 13.3. The first-order valence-corrected chi connectivity index (χ1v) is 11.4. The molecule has 2 aromatic heterocycles. The third-order valence-electron chi connectivity index (χ3n) is 5.07. The number of carboxylic acids is 1. The van der Waals surface area contributed by atoms with Crippen molar-refractivity contribution in [3.8, 4) is 5.75 Å². The molecule has 0 bridgehead atoms. The van der Waals surface area contributed by atoms with Gasteiger partial charge in [-0.25, -0.2) is 9.78 Å². The molecule has 0 saturated heterocycles. The molecule has 0 aliphatic rings. The van der Waals surface area contributed by atoms with E-state index in [4.69, 9.17) is 16.3 Å². The van der Waals surface area contributed by atoms with E-state index < -0.39 is 5.97 Å². The van der Waals surface area contributed by atoms with E-state index >= 15 is 0 Å². The molecular weight excluding hydrogens is 448 g/mol. The van der Waals surface area contributed by atoms with Crippen LogP contribution < -0.4 is 10.3 Å². The Morgan fingerprint density at radius 2 is 1.84 bits per heavy atom. The molecule has 8 heteroatoms. The van der Waals surface area contributed by atoms with Gasteiger partial charge in [0, 0.05) is 23.4 Å². The van der Waals surface area contributed by atoms with Gasteiger partial charge < -0.3 is 9.84 Å². The first-order valence-electron chi connectivity index (χ1n) is 10.2. The number of aromatic nitrogens is 2. The highest BCUT2D eigenvalue weighted by atomic mass is 35.5. The number of rotatable bonds is 9. The quantitative estimate of drug-likeness (QED) is 0.339. The van der Waals surface area contributed by atoms with Gasteiger partial charge in [-0.3, -0.25) is 9.36 Å². The van der Waals surface area contributed by atoms with E-state index in [0.29, 0.717) is 41.7 Å². The van der Waals surface area contributed by atoms with E-state index in [2.05, 4.69) is 4.98 Å². The van der Waals surface area contributed by atoms with Crippen LogP contribution in [-0.4, -0.2) is 27.2 Å². The number of nitrogens with zero attached hydrogens (tertiary/aromatic N) is 2. The molecule has 4 aromatic rings. The fraction of sp³-hybridized carbons (Fsp3) is 0.208. The summed E-state index contributed by atoms with van der Waals surface area (Å²) < 4.78 is 7.33. The topological polar surface area (TPSA) is 81.4 Å². The van der Waals surface area contributed by atoms with Crippen LogP contribution in [0.2, 0.25) is 5.02 Å². The van der Waals surface area contributed by atoms with Gasteiger partial charge >= 0.3 is 5.97 Å². The van der Waals surface area contributed by atoms with Gasteiger partial charge in [0.2, 0.25) is 0 Å². The normalized spacial score (nSPS) is 11.0. The number of unbranched alkanes of at least 4 members (excludes halogenated alkanes) is 1. The second-order valence-corrected chi connectivity index (χ2v) is 8.59. The van der Waals surface area contributed by atoms with E-state index in [9.17, 15) is 14.7 Å². The molecule has 164 valence electrons. The van der Waals surface area contributed by atoms with Crippen molar-refractivity contribution >= 4 is 39.1 Å². The largest absolute Gasteiger partial charge is 0.494 e. The third kappa shape index (κ3) is 5.00. The molecule has 0 spiro atoms. The van der Waals surface area contributed by atoms with Gasteiger partial charge in [-0.15, -0.1) is 11.3 Å². The molecule has 32 heavy (non-hydrogen) atoms. The van der Waals surface area contributed by atoms with Gasteiger partial charge in [0.25, 0.3) is 5.56 Å². The predicted molar refractivity (Wildman–Crippen MR) is 126 cm³/mol. The Kier molecular flexibility index (Phi) is 6.87. The van der Waals surface area contributed by atoms with Crippen molar-refractivity contribution in [2.45, 2.75) is 25.8 Å². The van der Waals surface area contributed by atoms with E-state index in [-0.39, 0.29) is 16.5 Å². The van der Waals surface area contributed by atoms with Gasteiger partial charge in [-0.2, -0.15) is 0 Å².